The molecule has 1 aromatic heterocycles. The van der Waals surface area contributed by atoms with E-state index in [1.165, 1.54) is 25.7 Å². The third kappa shape index (κ3) is 4.32. The Labute approximate surface area is 110 Å². The van der Waals surface area contributed by atoms with E-state index in [0.717, 1.165) is 21.7 Å². The average Bonchev–Trinajstić information content (AvgIpc) is 2.95. The maximum atomic E-state index is 10.5. The zero-order chi connectivity index (χ0) is 12.1. The molecular formula is C12H17NO2S2. The lowest BCUT2D eigenvalue weighted by Crippen LogP contribution is -1.98. The Balaban J connectivity index is 1.75. The molecule has 1 fully saturated rings. The van der Waals surface area contributed by atoms with Gasteiger partial charge in [0, 0.05) is 22.8 Å². The molecule has 2 rings (SSSR count). The summed E-state index contributed by atoms with van der Waals surface area (Å²) in [6, 6.07) is 0. The molecule has 5 heteroatoms. The molecule has 0 aromatic carbocycles. The van der Waals surface area contributed by atoms with Gasteiger partial charge in [-0.2, -0.15) is 11.8 Å². The predicted molar refractivity (Wildman–Crippen MR) is 71.6 cm³/mol. The summed E-state index contributed by atoms with van der Waals surface area (Å²) >= 11 is 3.67. The first-order chi connectivity index (χ1) is 8.24. The van der Waals surface area contributed by atoms with Gasteiger partial charge < -0.3 is 5.11 Å². The third-order valence-electron chi connectivity index (χ3n) is 2.94. The number of hydrogen-bond acceptors (Lipinski definition) is 4. The fraction of sp³-hybridized carbons (Fsp3) is 0.667. The van der Waals surface area contributed by atoms with Gasteiger partial charge in [0.15, 0.2) is 0 Å². The van der Waals surface area contributed by atoms with Crippen LogP contribution < -0.4 is 0 Å². The van der Waals surface area contributed by atoms with Gasteiger partial charge in [-0.3, -0.25) is 4.79 Å². The van der Waals surface area contributed by atoms with Gasteiger partial charge in [0.05, 0.1) is 12.1 Å². The first kappa shape index (κ1) is 12.9. The maximum absolute atomic E-state index is 10.5. The number of carboxylic acids is 1. The first-order valence-corrected chi connectivity index (χ1v) is 7.93. The largest absolute Gasteiger partial charge is 0.481 e. The van der Waals surface area contributed by atoms with Crippen LogP contribution in [0.5, 0.6) is 0 Å². The fourth-order valence-corrected chi connectivity index (χ4v) is 4.21. The predicted octanol–water partition coefficient (Wildman–Crippen LogP) is 3.34. The number of rotatable bonds is 6. The summed E-state index contributed by atoms with van der Waals surface area (Å²) in [5.41, 5.74) is 0.930. The second kappa shape index (κ2) is 6.40. The molecule has 1 aromatic rings. The molecule has 0 atom stereocenters. The van der Waals surface area contributed by atoms with Crippen LogP contribution in [0.1, 0.15) is 42.8 Å². The number of aromatic nitrogens is 1. The highest BCUT2D eigenvalue weighted by atomic mass is 32.2. The summed E-state index contributed by atoms with van der Waals surface area (Å²) in [6.07, 6.45) is 6.18. The van der Waals surface area contributed by atoms with Crippen LogP contribution >= 0.6 is 23.1 Å². The van der Waals surface area contributed by atoms with Crippen molar-refractivity contribution < 1.29 is 9.90 Å². The average molecular weight is 271 g/mol. The summed E-state index contributed by atoms with van der Waals surface area (Å²) in [5.74, 6) is 0.238. The van der Waals surface area contributed by atoms with Crippen molar-refractivity contribution in [1.29, 1.82) is 0 Å². The van der Waals surface area contributed by atoms with Gasteiger partial charge in [-0.05, 0) is 12.8 Å². The lowest BCUT2D eigenvalue weighted by Gasteiger charge is -2.05. The van der Waals surface area contributed by atoms with Crippen LogP contribution in [0.25, 0.3) is 0 Å². The molecule has 1 aliphatic rings. The van der Waals surface area contributed by atoms with Crippen LogP contribution in [-0.2, 0) is 17.0 Å². The van der Waals surface area contributed by atoms with E-state index in [9.17, 15) is 4.79 Å². The Morgan fingerprint density at radius 2 is 2.29 bits per heavy atom. The fourth-order valence-electron chi connectivity index (χ4n) is 2.01. The van der Waals surface area contributed by atoms with Gasteiger partial charge in [0.2, 0.25) is 0 Å². The maximum Gasteiger partial charge on any atom is 0.303 e. The number of carboxylic acid groups (broad SMARTS) is 1. The quantitative estimate of drug-likeness (QED) is 0.862. The molecule has 0 radical (unpaired) electrons. The minimum Gasteiger partial charge on any atom is -0.481 e. The third-order valence-corrected chi connectivity index (χ3v) is 5.40. The van der Waals surface area contributed by atoms with Crippen LogP contribution in [0, 0.1) is 0 Å². The van der Waals surface area contributed by atoms with E-state index < -0.39 is 5.97 Å². The highest BCUT2D eigenvalue weighted by Gasteiger charge is 2.15. The molecule has 17 heavy (non-hydrogen) atoms. The number of thiazole rings is 1. The Kier molecular flexibility index (Phi) is 4.86. The topological polar surface area (TPSA) is 50.2 Å². The van der Waals surface area contributed by atoms with Crippen LogP contribution in [0.15, 0.2) is 5.38 Å². The summed E-state index contributed by atoms with van der Waals surface area (Å²) < 4.78 is 0. The van der Waals surface area contributed by atoms with Crippen molar-refractivity contribution in [2.24, 2.45) is 0 Å². The Morgan fingerprint density at radius 3 is 3.00 bits per heavy atom. The second-order valence-electron chi connectivity index (χ2n) is 4.34. The zero-order valence-corrected chi connectivity index (χ0v) is 11.4. The van der Waals surface area contributed by atoms with E-state index in [1.807, 2.05) is 17.1 Å². The smallest absolute Gasteiger partial charge is 0.303 e. The van der Waals surface area contributed by atoms with Gasteiger partial charge >= 0.3 is 5.97 Å². The van der Waals surface area contributed by atoms with Crippen molar-refractivity contribution in [1.82, 2.24) is 4.98 Å². The van der Waals surface area contributed by atoms with E-state index in [1.54, 1.807) is 11.3 Å². The standard InChI is InChI=1S/C12H17NO2S2/c14-12(15)6-5-9-7-17-11(13-9)8-16-10-3-1-2-4-10/h7,10H,1-6,8H2,(H,14,15). The SMILES string of the molecule is O=C(O)CCc1csc(CSC2CCCC2)n1. The Morgan fingerprint density at radius 1 is 1.53 bits per heavy atom. The van der Waals surface area contributed by atoms with E-state index in [4.69, 9.17) is 5.11 Å². The Bertz CT molecular complexity index is 372. The van der Waals surface area contributed by atoms with Crippen molar-refractivity contribution in [2.75, 3.05) is 0 Å². The van der Waals surface area contributed by atoms with Gasteiger partial charge in [0.25, 0.3) is 0 Å². The van der Waals surface area contributed by atoms with Crippen LogP contribution in [0.4, 0.5) is 0 Å². The highest BCUT2D eigenvalue weighted by molar-refractivity contribution is 7.99. The van der Waals surface area contributed by atoms with Gasteiger partial charge in [-0.15, -0.1) is 11.3 Å². The minimum absolute atomic E-state index is 0.180. The monoisotopic (exact) mass is 271 g/mol. The molecule has 1 aliphatic carbocycles. The lowest BCUT2D eigenvalue weighted by atomic mass is 10.2. The minimum atomic E-state index is -0.750. The molecule has 3 nitrogen and oxygen atoms in total. The van der Waals surface area contributed by atoms with Crippen molar-refractivity contribution in [3.63, 3.8) is 0 Å². The second-order valence-corrected chi connectivity index (χ2v) is 6.58. The molecule has 1 saturated carbocycles. The molecule has 1 N–H and O–H groups in total. The Hall–Kier alpha value is -0.550. The van der Waals surface area contributed by atoms with E-state index in [0.29, 0.717) is 6.42 Å². The molecule has 0 bridgehead atoms. The summed E-state index contributed by atoms with van der Waals surface area (Å²) in [5, 5.41) is 12.6. The van der Waals surface area contributed by atoms with Crippen molar-refractivity contribution in [3.8, 4) is 0 Å². The number of nitrogens with zero attached hydrogens (tertiary/aromatic N) is 1. The van der Waals surface area contributed by atoms with Crippen molar-refractivity contribution in [3.05, 3.63) is 16.1 Å². The normalized spacial score (nSPS) is 16.5. The van der Waals surface area contributed by atoms with E-state index in [2.05, 4.69) is 4.98 Å². The zero-order valence-electron chi connectivity index (χ0n) is 9.72. The van der Waals surface area contributed by atoms with Gasteiger partial charge in [-0.1, -0.05) is 12.8 Å². The lowest BCUT2D eigenvalue weighted by molar-refractivity contribution is -0.136. The van der Waals surface area contributed by atoms with Crippen molar-refractivity contribution >= 4 is 29.1 Å². The number of hydrogen-bond donors (Lipinski definition) is 1. The highest BCUT2D eigenvalue weighted by Crippen LogP contribution is 2.32. The summed E-state index contributed by atoms with van der Waals surface area (Å²) in [4.78, 5) is 14.9. The summed E-state index contributed by atoms with van der Waals surface area (Å²) in [6.45, 7) is 0. The van der Waals surface area contributed by atoms with E-state index in [-0.39, 0.29) is 6.42 Å². The number of aliphatic carboxylic acids is 1. The number of carbonyl (C=O) groups is 1. The molecule has 0 unspecified atom stereocenters. The van der Waals surface area contributed by atoms with Gasteiger partial charge in [-0.25, -0.2) is 4.98 Å². The number of thioether (sulfide) groups is 1. The van der Waals surface area contributed by atoms with Crippen molar-refractivity contribution in [2.45, 2.75) is 49.5 Å². The summed E-state index contributed by atoms with van der Waals surface area (Å²) in [7, 11) is 0. The molecule has 0 amide bonds. The van der Waals surface area contributed by atoms with Crippen LogP contribution in [0.2, 0.25) is 0 Å². The molecular weight excluding hydrogens is 254 g/mol. The molecule has 0 spiro atoms. The van der Waals surface area contributed by atoms with Gasteiger partial charge in [0.1, 0.15) is 5.01 Å². The molecule has 0 saturated heterocycles. The van der Waals surface area contributed by atoms with E-state index >= 15 is 0 Å². The molecule has 0 aliphatic heterocycles. The van der Waals surface area contributed by atoms with Crippen LogP contribution in [-0.4, -0.2) is 21.3 Å². The molecule has 1 heterocycles. The van der Waals surface area contributed by atoms with Crippen LogP contribution in [0.3, 0.4) is 0 Å². The number of aryl methyl sites for hydroxylation is 1. The first-order valence-electron chi connectivity index (χ1n) is 6.00. The molecule has 94 valence electrons.